The summed E-state index contributed by atoms with van der Waals surface area (Å²) in [6, 6.07) is -2.07. The van der Waals surface area contributed by atoms with E-state index in [1.165, 1.54) is 0 Å². The third kappa shape index (κ3) is 5.47. The van der Waals surface area contributed by atoms with Crippen molar-refractivity contribution in [3.05, 3.63) is 0 Å². The summed E-state index contributed by atoms with van der Waals surface area (Å²) in [5, 5.41) is 13.2. The Morgan fingerprint density at radius 1 is 1.58 bits per heavy atom. The molecule has 2 atom stereocenters. The second kappa shape index (κ2) is 6.24. The molecule has 3 N–H and O–H groups in total. The second-order valence-corrected chi connectivity index (χ2v) is 7.37. The van der Waals surface area contributed by atoms with Gasteiger partial charge in [-0.2, -0.15) is 0 Å². The maximum Gasteiger partial charge on any atom is 0.326 e. The van der Waals surface area contributed by atoms with Crippen molar-refractivity contribution in [2.24, 2.45) is 0 Å². The van der Waals surface area contributed by atoms with Gasteiger partial charge in [0.2, 0.25) is 5.91 Å². The molecule has 0 aromatic rings. The molecule has 108 valence electrons. The Morgan fingerprint density at radius 2 is 2.21 bits per heavy atom. The van der Waals surface area contributed by atoms with Gasteiger partial charge in [-0.25, -0.2) is 13.2 Å². The molecule has 0 bridgehead atoms. The van der Waals surface area contributed by atoms with Crippen molar-refractivity contribution < 1.29 is 27.9 Å². The number of carboxylic acids is 1. The minimum atomic E-state index is -3.30. The first-order valence-corrected chi connectivity index (χ1v) is 8.38. The zero-order valence-electron chi connectivity index (χ0n) is 10.1. The summed E-state index contributed by atoms with van der Waals surface area (Å²) >= 11 is 0.933. The van der Waals surface area contributed by atoms with Crippen LogP contribution in [-0.4, -0.2) is 60.5 Å². The van der Waals surface area contributed by atoms with E-state index in [2.05, 4.69) is 10.6 Å². The largest absolute Gasteiger partial charge is 0.480 e. The predicted molar refractivity (Wildman–Crippen MR) is 68.7 cm³/mol. The number of carbonyl (C=O) groups excluding carboxylic acids is 2. The number of thioether (sulfide) groups is 1. The van der Waals surface area contributed by atoms with Crippen molar-refractivity contribution in [1.82, 2.24) is 10.6 Å². The topological polar surface area (TPSA) is 130 Å². The first kappa shape index (κ1) is 15.8. The van der Waals surface area contributed by atoms with Crippen molar-refractivity contribution in [2.75, 3.05) is 17.8 Å². The fraction of sp³-hybridized carbons (Fsp3) is 0.667. The first-order valence-electron chi connectivity index (χ1n) is 5.33. The molecule has 1 rings (SSSR count). The molecular weight excluding hydrogens is 296 g/mol. The number of carbonyl (C=O) groups is 3. The van der Waals surface area contributed by atoms with Gasteiger partial charge in [-0.05, 0) is 6.42 Å². The predicted octanol–water partition coefficient (Wildman–Crippen LogP) is -1.18. The second-order valence-electron chi connectivity index (χ2n) is 4.11. The summed E-state index contributed by atoms with van der Waals surface area (Å²) < 4.78 is 22.0. The number of hydrogen-bond acceptors (Lipinski definition) is 6. The molecule has 10 heteroatoms. The van der Waals surface area contributed by atoms with Crippen LogP contribution in [0, 0.1) is 0 Å². The third-order valence-electron chi connectivity index (χ3n) is 2.38. The van der Waals surface area contributed by atoms with Crippen LogP contribution in [0.25, 0.3) is 0 Å². The van der Waals surface area contributed by atoms with E-state index in [1.54, 1.807) is 0 Å². The molecule has 0 aromatic heterocycles. The molecule has 0 radical (unpaired) electrons. The van der Waals surface area contributed by atoms with Gasteiger partial charge in [-0.1, -0.05) is 11.8 Å². The summed E-state index contributed by atoms with van der Waals surface area (Å²) in [4.78, 5) is 33.5. The molecule has 1 aliphatic heterocycles. The van der Waals surface area contributed by atoms with Gasteiger partial charge in [0.25, 0.3) is 5.24 Å². The molecule has 1 saturated heterocycles. The number of nitrogens with one attached hydrogen (secondary N) is 2. The van der Waals surface area contributed by atoms with Crippen molar-refractivity contribution in [2.45, 2.75) is 18.5 Å². The quantitative estimate of drug-likeness (QED) is 0.562. The molecule has 8 nitrogen and oxygen atoms in total. The lowest BCUT2D eigenvalue weighted by Crippen LogP contribution is -2.50. The standard InChI is InChI=1S/C9H14N2O6S2/c1-19(16,17)3-2-5(8(13)14)10-7(12)6-4-18-9(15)11-6/h5-6H,2-4H2,1H3,(H,10,12)(H,11,15)(H,13,14). The molecule has 1 heterocycles. The van der Waals surface area contributed by atoms with Crippen LogP contribution in [-0.2, 0) is 19.4 Å². The molecule has 19 heavy (non-hydrogen) atoms. The SMILES string of the molecule is CS(=O)(=O)CCC(NC(=O)C1CSC(=O)N1)C(=O)O. The van der Waals surface area contributed by atoms with Crippen molar-refractivity contribution in [3.8, 4) is 0 Å². The van der Waals surface area contributed by atoms with E-state index >= 15 is 0 Å². The number of hydrogen-bond donors (Lipinski definition) is 3. The van der Waals surface area contributed by atoms with Gasteiger partial charge in [-0.3, -0.25) is 9.59 Å². The maximum atomic E-state index is 11.7. The Hall–Kier alpha value is -1.29. The van der Waals surface area contributed by atoms with Crippen LogP contribution in [0.15, 0.2) is 0 Å². The Balaban J connectivity index is 2.56. The highest BCUT2D eigenvalue weighted by Crippen LogP contribution is 2.13. The van der Waals surface area contributed by atoms with Crippen molar-refractivity contribution >= 4 is 38.7 Å². The average molecular weight is 310 g/mol. The number of carboxylic acid groups (broad SMARTS) is 1. The zero-order valence-corrected chi connectivity index (χ0v) is 11.7. The smallest absolute Gasteiger partial charge is 0.326 e. The highest BCUT2D eigenvalue weighted by molar-refractivity contribution is 8.14. The normalized spacial score (nSPS) is 20.7. The van der Waals surface area contributed by atoms with Crippen LogP contribution in [0.4, 0.5) is 4.79 Å². The van der Waals surface area contributed by atoms with E-state index in [-0.39, 0.29) is 23.2 Å². The molecule has 0 aromatic carbocycles. The van der Waals surface area contributed by atoms with Crippen LogP contribution in [0.2, 0.25) is 0 Å². The summed E-state index contributed by atoms with van der Waals surface area (Å²) in [5.74, 6) is -2.05. The highest BCUT2D eigenvalue weighted by Gasteiger charge is 2.31. The van der Waals surface area contributed by atoms with Gasteiger partial charge in [0.05, 0.1) is 5.75 Å². The summed E-state index contributed by atoms with van der Waals surface area (Å²) in [6.45, 7) is 0. The molecule has 2 unspecified atom stereocenters. The molecule has 1 aliphatic rings. The van der Waals surface area contributed by atoms with Gasteiger partial charge in [-0.15, -0.1) is 0 Å². The van der Waals surface area contributed by atoms with Gasteiger partial charge in [0.15, 0.2) is 0 Å². The highest BCUT2D eigenvalue weighted by atomic mass is 32.2. The van der Waals surface area contributed by atoms with E-state index < -0.39 is 33.8 Å². The van der Waals surface area contributed by atoms with Gasteiger partial charge in [0.1, 0.15) is 21.9 Å². The fourth-order valence-electron chi connectivity index (χ4n) is 1.39. The van der Waals surface area contributed by atoms with E-state index in [4.69, 9.17) is 5.11 Å². The van der Waals surface area contributed by atoms with Gasteiger partial charge < -0.3 is 15.7 Å². The number of aliphatic carboxylic acids is 1. The zero-order chi connectivity index (χ0) is 14.6. The molecule has 0 spiro atoms. The number of amides is 2. The van der Waals surface area contributed by atoms with Crippen LogP contribution in [0.1, 0.15) is 6.42 Å². The Kier molecular flexibility index (Phi) is 5.18. The minimum absolute atomic E-state index is 0.215. The lowest BCUT2D eigenvalue weighted by Gasteiger charge is -2.16. The lowest BCUT2D eigenvalue weighted by molar-refractivity contribution is -0.142. The minimum Gasteiger partial charge on any atom is -0.480 e. The van der Waals surface area contributed by atoms with E-state index in [9.17, 15) is 22.8 Å². The molecule has 0 aliphatic carbocycles. The molecular formula is C9H14N2O6S2. The summed E-state index contributed by atoms with van der Waals surface area (Å²) in [6.07, 6.45) is 0.773. The van der Waals surface area contributed by atoms with E-state index in [1.807, 2.05) is 0 Å². The molecule has 1 fully saturated rings. The summed E-state index contributed by atoms with van der Waals surface area (Å²) in [7, 11) is -3.30. The Bertz CT molecular complexity index is 489. The average Bonchev–Trinajstić information content (AvgIpc) is 2.69. The Labute approximate surface area is 114 Å². The third-order valence-corrected chi connectivity index (χ3v) is 4.24. The van der Waals surface area contributed by atoms with E-state index in [0.29, 0.717) is 0 Å². The number of rotatable bonds is 6. The van der Waals surface area contributed by atoms with Crippen LogP contribution in [0.3, 0.4) is 0 Å². The van der Waals surface area contributed by atoms with Crippen LogP contribution in [0.5, 0.6) is 0 Å². The lowest BCUT2D eigenvalue weighted by atomic mass is 10.2. The Morgan fingerprint density at radius 3 is 2.63 bits per heavy atom. The first-order chi connectivity index (χ1) is 8.69. The van der Waals surface area contributed by atoms with Crippen LogP contribution >= 0.6 is 11.8 Å². The molecule has 0 saturated carbocycles. The van der Waals surface area contributed by atoms with Crippen molar-refractivity contribution in [3.63, 3.8) is 0 Å². The van der Waals surface area contributed by atoms with Gasteiger partial charge >= 0.3 is 5.97 Å². The van der Waals surface area contributed by atoms with E-state index in [0.717, 1.165) is 18.0 Å². The molecule has 2 amide bonds. The number of sulfone groups is 1. The summed E-state index contributed by atoms with van der Waals surface area (Å²) in [5.41, 5.74) is 0. The maximum absolute atomic E-state index is 11.7. The van der Waals surface area contributed by atoms with Crippen LogP contribution < -0.4 is 10.6 Å². The van der Waals surface area contributed by atoms with Gasteiger partial charge in [0, 0.05) is 12.0 Å². The fourth-order valence-corrected chi connectivity index (χ4v) is 2.83. The van der Waals surface area contributed by atoms with Crippen molar-refractivity contribution in [1.29, 1.82) is 0 Å². The monoisotopic (exact) mass is 310 g/mol.